The number of rotatable bonds is 8. The van der Waals surface area contributed by atoms with E-state index in [0.717, 1.165) is 22.4 Å². The number of benzene rings is 3. The van der Waals surface area contributed by atoms with E-state index < -0.39 is 42.0 Å². The molecular weight excluding hydrogens is 558 g/mol. The Morgan fingerprint density at radius 3 is 2.16 bits per heavy atom. The lowest BCUT2D eigenvalue weighted by atomic mass is 9.77. The summed E-state index contributed by atoms with van der Waals surface area (Å²) in [5.41, 5.74) is 2.43. The van der Waals surface area contributed by atoms with E-state index in [0.29, 0.717) is 17.0 Å². The predicted octanol–water partition coefficient (Wildman–Crippen LogP) is 5.04. The largest absolute Gasteiger partial charge is 0.497 e. The van der Waals surface area contributed by atoms with E-state index in [9.17, 15) is 5.11 Å². The molecule has 6 atom stereocenters. The average molecular weight is 594 g/mol. The topological polar surface area (TPSA) is 113 Å². The maximum Gasteiger partial charge on any atom is 0.168 e. The van der Waals surface area contributed by atoms with Crippen molar-refractivity contribution < 1.29 is 24.1 Å². The van der Waals surface area contributed by atoms with Crippen molar-refractivity contribution in [3.63, 3.8) is 0 Å². The van der Waals surface area contributed by atoms with Gasteiger partial charge in [0.1, 0.15) is 35.4 Å². The van der Waals surface area contributed by atoms with Crippen molar-refractivity contribution in [1.82, 2.24) is 19.5 Å². The molecule has 1 unspecified atom stereocenters. The number of aliphatic hydroxyl groups is 1. The van der Waals surface area contributed by atoms with E-state index in [1.54, 1.807) is 20.4 Å². The number of methoxy groups -OCH3 is 1. The molecule has 0 bridgehead atoms. The molecule has 2 aromatic heterocycles. The van der Waals surface area contributed by atoms with Crippen LogP contribution >= 0.6 is 0 Å². The van der Waals surface area contributed by atoms with E-state index in [-0.39, 0.29) is 0 Å². The lowest BCUT2D eigenvalue weighted by Crippen LogP contribution is -2.43. The molecule has 10 heteroatoms. The first-order valence-electron chi connectivity index (χ1n) is 14.7. The molecule has 4 heterocycles. The summed E-state index contributed by atoms with van der Waals surface area (Å²) in [7, 11) is 1.66. The second-order valence-electron chi connectivity index (χ2n) is 11.5. The van der Waals surface area contributed by atoms with Crippen LogP contribution in [0.1, 0.15) is 43.7 Å². The highest BCUT2D eigenvalue weighted by Crippen LogP contribution is 2.49. The highest BCUT2D eigenvalue weighted by Gasteiger charge is 2.62. The zero-order valence-corrected chi connectivity index (χ0v) is 25.0. The summed E-state index contributed by atoms with van der Waals surface area (Å²) in [6, 6.07) is 28.6. The van der Waals surface area contributed by atoms with Crippen molar-refractivity contribution in [2.45, 2.75) is 62.7 Å². The Kier molecular flexibility index (Phi) is 7.09. The summed E-state index contributed by atoms with van der Waals surface area (Å²) >= 11 is 0. The van der Waals surface area contributed by atoms with Crippen LogP contribution in [0.3, 0.4) is 0 Å². The third kappa shape index (κ3) is 4.45. The fourth-order valence-electron chi connectivity index (χ4n) is 6.69. The van der Waals surface area contributed by atoms with Gasteiger partial charge in [0.2, 0.25) is 0 Å². The Labute approximate surface area is 255 Å². The minimum Gasteiger partial charge on any atom is -0.497 e. The standard InChI is InChI=1S/C34H35N5O5/c1-21(40)28-29-33(3,44-22(2)42-29)32(43-28)39-20-37-27-30(35-19-36-31(27)39)38-34(23-11-7-5-8-12-23,24-13-9-6-10-14-24)25-15-17-26(41-4)18-16-25/h5-22,28-29,32,40H,1-4H3,(H,35,36,38)/t21-,22?,28-,29-,32-,33-/m1/s1. The molecule has 0 spiro atoms. The molecule has 0 amide bonds. The zero-order valence-electron chi connectivity index (χ0n) is 25.0. The van der Waals surface area contributed by atoms with Crippen molar-refractivity contribution >= 4 is 17.0 Å². The summed E-state index contributed by atoms with van der Waals surface area (Å²) in [6.45, 7) is 5.49. The van der Waals surface area contributed by atoms with E-state index >= 15 is 0 Å². The highest BCUT2D eigenvalue weighted by atomic mass is 16.8. The van der Waals surface area contributed by atoms with Crippen molar-refractivity contribution in [1.29, 1.82) is 0 Å². The second-order valence-corrected chi connectivity index (χ2v) is 11.5. The number of hydrogen-bond acceptors (Lipinski definition) is 9. The maximum absolute atomic E-state index is 10.5. The molecule has 3 aromatic carbocycles. The summed E-state index contributed by atoms with van der Waals surface area (Å²) in [6.07, 6.45) is 0.327. The second kappa shape index (κ2) is 11.0. The van der Waals surface area contributed by atoms with E-state index in [1.807, 2.05) is 66.9 Å². The number of ether oxygens (including phenoxy) is 4. The first kappa shape index (κ1) is 28.4. The van der Waals surface area contributed by atoms with Gasteiger partial charge in [-0.15, -0.1) is 0 Å². The molecule has 10 nitrogen and oxygen atoms in total. The first-order chi connectivity index (χ1) is 21.3. The first-order valence-corrected chi connectivity index (χ1v) is 14.7. The molecule has 2 fully saturated rings. The third-order valence-corrected chi connectivity index (χ3v) is 8.73. The van der Waals surface area contributed by atoms with E-state index in [1.165, 1.54) is 6.33 Å². The fraction of sp³-hybridized carbons (Fsp3) is 0.324. The van der Waals surface area contributed by atoms with Gasteiger partial charge in [-0.2, -0.15) is 0 Å². The minimum absolute atomic E-state index is 0.443. The Morgan fingerprint density at radius 2 is 1.55 bits per heavy atom. The Hall–Kier alpha value is -4.35. The highest BCUT2D eigenvalue weighted by molar-refractivity contribution is 5.84. The number of nitrogens with zero attached hydrogens (tertiary/aromatic N) is 4. The number of fused-ring (bicyclic) bond motifs is 2. The normalized spacial score (nSPS) is 25.6. The van der Waals surface area contributed by atoms with Gasteiger partial charge in [0.05, 0.1) is 19.5 Å². The number of hydrogen-bond donors (Lipinski definition) is 2. The van der Waals surface area contributed by atoms with Gasteiger partial charge in [-0.05, 0) is 49.6 Å². The van der Waals surface area contributed by atoms with Crippen LogP contribution in [0.2, 0.25) is 0 Å². The maximum atomic E-state index is 10.5. The van der Waals surface area contributed by atoms with Crippen LogP contribution in [0.5, 0.6) is 5.75 Å². The molecule has 2 aliphatic rings. The zero-order chi connectivity index (χ0) is 30.5. The third-order valence-electron chi connectivity index (χ3n) is 8.73. The summed E-state index contributed by atoms with van der Waals surface area (Å²) in [5, 5.41) is 14.3. The fourth-order valence-corrected chi connectivity index (χ4v) is 6.69. The summed E-state index contributed by atoms with van der Waals surface area (Å²) in [4.78, 5) is 14.2. The average Bonchev–Trinajstić information content (AvgIpc) is 3.69. The SMILES string of the molecule is COc1ccc(C(Nc2ncnc3c2ncn3[C@@H]2O[C@H]([C@@H](C)O)[C@H]3OC(C)O[C@]32C)(c2ccccc2)c2ccccc2)cc1. The van der Waals surface area contributed by atoms with Gasteiger partial charge < -0.3 is 29.4 Å². The molecule has 0 radical (unpaired) electrons. The van der Waals surface area contributed by atoms with Gasteiger partial charge in [0.25, 0.3) is 0 Å². The Balaban J connectivity index is 1.38. The summed E-state index contributed by atoms with van der Waals surface area (Å²) < 4.78 is 26.1. The number of aromatic nitrogens is 4. The summed E-state index contributed by atoms with van der Waals surface area (Å²) in [5.74, 6) is 1.30. The number of nitrogens with one attached hydrogen (secondary N) is 1. The molecule has 0 saturated carbocycles. The quantitative estimate of drug-likeness (QED) is 0.239. The molecule has 44 heavy (non-hydrogen) atoms. The predicted molar refractivity (Wildman–Crippen MR) is 164 cm³/mol. The van der Waals surface area contributed by atoms with Crippen LogP contribution in [0.15, 0.2) is 97.6 Å². The molecule has 2 N–H and O–H groups in total. The molecule has 7 rings (SSSR count). The van der Waals surface area contributed by atoms with Gasteiger partial charge in [0, 0.05) is 0 Å². The number of anilines is 1. The van der Waals surface area contributed by atoms with Gasteiger partial charge >= 0.3 is 0 Å². The number of aliphatic hydroxyl groups excluding tert-OH is 1. The van der Waals surface area contributed by atoms with Crippen molar-refractivity contribution in [2.24, 2.45) is 0 Å². The molecule has 0 aliphatic carbocycles. The molecular formula is C34H35N5O5. The lowest BCUT2D eigenvalue weighted by Gasteiger charge is -2.37. The van der Waals surface area contributed by atoms with Crippen LogP contribution in [0, 0.1) is 0 Å². The van der Waals surface area contributed by atoms with Crippen molar-refractivity contribution in [2.75, 3.05) is 12.4 Å². The van der Waals surface area contributed by atoms with Crippen LogP contribution in [-0.4, -0.2) is 61.9 Å². The molecule has 226 valence electrons. The Morgan fingerprint density at radius 1 is 0.909 bits per heavy atom. The van der Waals surface area contributed by atoms with Gasteiger partial charge in [-0.25, -0.2) is 15.0 Å². The van der Waals surface area contributed by atoms with Crippen LogP contribution in [-0.2, 0) is 19.7 Å². The smallest absolute Gasteiger partial charge is 0.168 e. The van der Waals surface area contributed by atoms with Gasteiger partial charge in [0.15, 0.2) is 29.5 Å². The molecule has 2 saturated heterocycles. The Bertz CT molecular complexity index is 1710. The van der Waals surface area contributed by atoms with Crippen LogP contribution in [0.4, 0.5) is 5.82 Å². The number of imidazole rings is 1. The molecule has 5 aromatic rings. The monoisotopic (exact) mass is 593 g/mol. The lowest BCUT2D eigenvalue weighted by molar-refractivity contribution is -0.172. The minimum atomic E-state index is -0.867. The van der Waals surface area contributed by atoms with Gasteiger partial charge in [-0.1, -0.05) is 72.8 Å². The van der Waals surface area contributed by atoms with E-state index in [4.69, 9.17) is 28.9 Å². The van der Waals surface area contributed by atoms with E-state index in [2.05, 4.69) is 46.7 Å². The van der Waals surface area contributed by atoms with Crippen molar-refractivity contribution in [3.8, 4) is 5.75 Å². The van der Waals surface area contributed by atoms with Gasteiger partial charge in [-0.3, -0.25) is 4.57 Å². The van der Waals surface area contributed by atoms with Crippen LogP contribution in [0.25, 0.3) is 11.2 Å². The van der Waals surface area contributed by atoms with Crippen LogP contribution < -0.4 is 10.1 Å². The molecule has 2 aliphatic heterocycles. The van der Waals surface area contributed by atoms with Crippen molar-refractivity contribution in [3.05, 3.63) is 114 Å².